The number of likely N-dealkylation sites (tertiary alicyclic amines) is 1. The average Bonchev–Trinajstić information content (AvgIpc) is 3.08. The van der Waals surface area contributed by atoms with Gasteiger partial charge in [0.15, 0.2) is 5.96 Å². The van der Waals surface area contributed by atoms with Crippen LogP contribution in [0.3, 0.4) is 0 Å². The summed E-state index contributed by atoms with van der Waals surface area (Å²) in [4.78, 5) is 6.88. The molecule has 0 spiro atoms. The van der Waals surface area contributed by atoms with Gasteiger partial charge in [0.25, 0.3) is 0 Å². The third-order valence-corrected chi connectivity index (χ3v) is 6.07. The van der Waals surface area contributed by atoms with Gasteiger partial charge in [-0.15, -0.1) is 0 Å². The molecule has 2 aliphatic rings. The van der Waals surface area contributed by atoms with Gasteiger partial charge in [-0.25, -0.2) is 0 Å². The predicted octanol–water partition coefficient (Wildman–Crippen LogP) is 1.78. The first-order valence-electron chi connectivity index (χ1n) is 7.96. The molecule has 2 unspecified atom stereocenters. The highest BCUT2D eigenvalue weighted by atomic mass is 32.2. The number of nitrogens with one attached hydrogen (secondary N) is 2. The molecule has 0 saturated carbocycles. The van der Waals surface area contributed by atoms with Crippen molar-refractivity contribution in [3.05, 3.63) is 0 Å². The topological polar surface area (TPSA) is 39.7 Å². The molecule has 2 rings (SSSR count). The van der Waals surface area contributed by atoms with E-state index >= 15 is 0 Å². The third-order valence-electron chi connectivity index (χ3n) is 4.53. The second kappa shape index (κ2) is 7.55. The number of hydrogen-bond acceptors (Lipinski definition) is 3. The summed E-state index contributed by atoms with van der Waals surface area (Å²) in [5.74, 6) is 3.04. The van der Waals surface area contributed by atoms with E-state index < -0.39 is 0 Å². The molecule has 5 heteroatoms. The Hall–Kier alpha value is -0.420. The molecular formula is C15H30N4S. The Morgan fingerprint density at radius 3 is 2.90 bits per heavy atom. The van der Waals surface area contributed by atoms with Gasteiger partial charge < -0.3 is 15.5 Å². The van der Waals surface area contributed by atoms with Gasteiger partial charge in [-0.1, -0.05) is 6.92 Å². The summed E-state index contributed by atoms with van der Waals surface area (Å²) < 4.78 is 0.393. The second-order valence-electron chi connectivity index (χ2n) is 6.26. The first-order valence-corrected chi connectivity index (χ1v) is 8.94. The van der Waals surface area contributed by atoms with Gasteiger partial charge in [0.05, 0.1) is 0 Å². The molecule has 0 bridgehead atoms. The van der Waals surface area contributed by atoms with E-state index in [2.05, 4.69) is 46.1 Å². The van der Waals surface area contributed by atoms with Crippen LogP contribution in [0.4, 0.5) is 0 Å². The Morgan fingerprint density at radius 1 is 1.45 bits per heavy atom. The lowest BCUT2D eigenvalue weighted by molar-refractivity contribution is 0.341. The predicted molar refractivity (Wildman–Crippen MR) is 89.7 cm³/mol. The van der Waals surface area contributed by atoms with Crippen LogP contribution < -0.4 is 10.6 Å². The molecule has 2 saturated heterocycles. The van der Waals surface area contributed by atoms with Crippen molar-refractivity contribution in [2.45, 2.75) is 37.9 Å². The zero-order chi connectivity index (χ0) is 14.4. The van der Waals surface area contributed by atoms with E-state index in [1.807, 2.05) is 7.05 Å². The van der Waals surface area contributed by atoms with E-state index in [0.29, 0.717) is 4.75 Å². The van der Waals surface area contributed by atoms with E-state index in [9.17, 15) is 0 Å². The highest BCUT2D eigenvalue weighted by molar-refractivity contribution is 8.00. The van der Waals surface area contributed by atoms with Gasteiger partial charge in [0, 0.05) is 31.4 Å². The minimum absolute atomic E-state index is 0.393. The number of aliphatic imine (C=N–C) groups is 1. The highest BCUT2D eigenvalue weighted by Crippen LogP contribution is 2.36. The molecule has 0 aromatic carbocycles. The molecule has 0 aromatic heterocycles. The number of hydrogen-bond donors (Lipinski definition) is 2. The fourth-order valence-electron chi connectivity index (χ4n) is 3.08. The maximum absolute atomic E-state index is 4.35. The summed E-state index contributed by atoms with van der Waals surface area (Å²) in [7, 11) is 1.87. The van der Waals surface area contributed by atoms with Crippen molar-refractivity contribution in [2.24, 2.45) is 10.9 Å². The molecular weight excluding hydrogens is 268 g/mol. The molecule has 20 heavy (non-hydrogen) atoms. The Balaban J connectivity index is 1.68. The van der Waals surface area contributed by atoms with Crippen LogP contribution in [0.2, 0.25) is 0 Å². The highest BCUT2D eigenvalue weighted by Gasteiger charge is 2.29. The molecule has 0 radical (unpaired) electrons. The smallest absolute Gasteiger partial charge is 0.191 e. The normalized spacial score (nSPS) is 31.8. The van der Waals surface area contributed by atoms with Crippen LogP contribution in [0.1, 0.15) is 33.1 Å². The minimum atomic E-state index is 0.393. The Labute approximate surface area is 128 Å². The quantitative estimate of drug-likeness (QED) is 0.599. The van der Waals surface area contributed by atoms with Gasteiger partial charge in [-0.05, 0) is 50.9 Å². The molecule has 2 atom stereocenters. The van der Waals surface area contributed by atoms with Crippen molar-refractivity contribution in [1.29, 1.82) is 0 Å². The molecule has 2 fully saturated rings. The number of rotatable bonds is 5. The largest absolute Gasteiger partial charge is 0.356 e. The standard InChI is InChI=1S/C15H30N4S/c1-4-19-8-6-13(11-19)10-17-14(16-3)18-12-15(2)7-5-9-20-15/h13H,4-12H2,1-3H3,(H2,16,17,18). The summed E-state index contributed by atoms with van der Waals surface area (Å²) in [6.07, 6.45) is 3.98. The molecule has 4 nitrogen and oxygen atoms in total. The summed E-state index contributed by atoms with van der Waals surface area (Å²) >= 11 is 2.09. The lowest BCUT2D eigenvalue weighted by atomic mass is 10.1. The molecule has 0 aliphatic carbocycles. The number of guanidine groups is 1. The molecule has 0 aromatic rings. The summed E-state index contributed by atoms with van der Waals surface area (Å²) in [5, 5.41) is 7.01. The second-order valence-corrected chi connectivity index (χ2v) is 7.94. The molecule has 2 heterocycles. The lowest BCUT2D eigenvalue weighted by Gasteiger charge is -2.24. The third kappa shape index (κ3) is 4.55. The Bertz CT molecular complexity index is 326. The van der Waals surface area contributed by atoms with Crippen molar-refractivity contribution in [3.8, 4) is 0 Å². The van der Waals surface area contributed by atoms with Gasteiger partial charge in [0.2, 0.25) is 0 Å². The summed E-state index contributed by atoms with van der Waals surface area (Å²) in [5.41, 5.74) is 0. The zero-order valence-corrected chi connectivity index (χ0v) is 14.1. The summed E-state index contributed by atoms with van der Waals surface area (Å²) in [6.45, 7) is 10.3. The van der Waals surface area contributed by atoms with E-state index in [-0.39, 0.29) is 0 Å². The Morgan fingerprint density at radius 2 is 2.30 bits per heavy atom. The maximum atomic E-state index is 4.35. The van der Waals surface area contributed by atoms with Gasteiger partial charge in [-0.2, -0.15) is 11.8 Å². The summed E-state index contributed by atoms with van der Waals surface area (Å²) in [6, 6.07) is 0. The van der Waals surface area contributed by atoms with Crippen LogP contribution in [0.5, 0.6) is 0 Å². The van der Waals surface area contributed by atoms with Crippen LogP contribution in [0, 0.1) is 5.92 Å². The van der Waals surface area contributed by atoms with Crippen LogP contribution in [-0.2, 0) is 0 Å². The van der Waals surface area contributed by atoms with Crippen LogP contribution in [0.25, 0.3) is 0 Å². The molecule has 2 N–H and O–H groups in total. The van der Waals surface area contributed by atoms with E-state index in [1.165, 1.54) is 44.6 Å². The average molecular weight is 298 g/mol. The van der Waals surface area contributed by atoms with Crippen molar-refractivity contribution in [2.75, 3.05) is 45.5 Å². The number of thioether (sulfide) groups is 1. The monoisotopic (exact) mass is 298 g/mol. The van der Waals surface area contributed by atoms with Crippen molar-refractivity contribution in [3.63, 3.8) is 0 Å². The molecule has 0 amide bonds. The van der Waals surface area contributed by atoms with E-state index in [0.717, 1.165) is 25.0 Å². The maximum Gasteiger partial charge on any atom is 0.191 e. The van der Waals surface area contributed by atoms with Crippen LogP contribution in [-0.4, -0.2) is 61.1 Å². The van der Waals surface area contributed by atoms with Gasteiger partial charge in [0.1, 0.15) is 0 Å². The zero-order valence-electron chi connectivity index (χ0n) is 13.2. The SMILES string of the molecule is CCN1CCC(CNC(=NC)NCC2(C)CCCS2)C1. The minimum Gasteiger partial charge on any atom is -0.356 e. The molecule has 116 valence electrons. The fourth-order valence-corrected chi connectivity index (χ4v) is 4.32. The van der Waals surface area contributed by atoms with E-state index in [4.69, 9.17) is 0 Å². The first-order chi connectivity index (χ1) is 9.65. The van der Waals surface area contributed by atoms with E-state index in [1.54, 1.807) is 0 Å². The van der Waals surface area contributed by atoms with Gasteiger partial charge in [-0.3, -0.25) is 4.99 Å². The van der Waals surface area contributed by atoms with Gasteiger partial charge >= 0.3 is 0 Å². The van der Waals surface area contributed by atoms with Crippen LogP contribution >= 0.6 is 11.8 Å². The lowest BCUT2D eigenvalue weighted by Crippen LogP contribution is -2.45. The molecule has 2 aliphatic heterocycles. The first kappa shape index (κ1) is 16.0. The van der Waals surface area contributed by atoms with Crippen molar-refractivity contribution < 1.29 is 0 Å². The van der Waals surface area contributed by atoms with Crippen molar-refractivity contribution in [1.82, 2.24) is 15.5 Å². The fraction of sp³-hybridized carbons (Fsp3) is 0.933. The van der Waals surface area contributed by atoms with Crippen molar-refractivity contribution >= 4 is 17.7 Å². The van der Waals surface area contributed by atoms with Crippen LogP contribution in [0.15, 0.2) is 4.99 Å². The number of nitrogens with zero attached hydrogens (tertiary/aromatic N) is 2. The Kier molecular flexibility index (Phi) is 6.02.